The summed E-state index contributed by atoms with van der Waals surface area (Å²) in [6.45, 7) is 0.503. The molecule has 144 valence electrons. The van der Waals surface area contributed by atoms with Crippen LogP contribution in [0.25, 0.3) is 10.9 Å². The Hall–Kier alpha value is -3.38. The average Bonchev–Trinajstić information content (AvgIpc) is 3.15. The van der Waals surface area contributed by atoms with E-state index < -0.39 is 0 Å². The maximum atomic E-state index is 12.2. The normalized spacial score (nSPS) is 11.1. The van der Waals surface area contributed by atoms with Crippen LogP contribution in [0.15, 0.2) is 88.6 Å². The lowest BCUT2D eigenvalue weighted by molar-refractivity contribution is 0.0955. The largest absolute Gasteiger partial charge is 0.489 e. The fraction of sp³-hybridized carbons (Fsp3) is 0.0435. The molecule has 0 aliphatic heterocycles. The molecular weight excluding hydrogens is 430 g/mol. The Balaban J connectivity index is 1.46. The van der Waals surface area contributed by atoms with Gasteiger partial charge >= 0.3 is 0 Å². The highest BCUT2D eigenvalue weighted by molar-refractivity contribution is 9.10. The van der Waals surface area contributed by atoms with Crippen LogP contribution in [0.2, 0.25) is 0 Å². The minimum Gasteiger partial charge on any atom is -0.489 e. The van der Waals surface area contributed by atoms with Crippen LogP contribution in [-0.4, -0.2) is 17.1 Å². The number of nitrogens with zero attached hydrogens (tertiary/aromatic N) is 1. The van der Waals surface area contributed by atoms with Crippen LogP contribution in [-0.2, 0) is 6.61 Å². The van der Waals surface area contributed by atoms with E-state index in [1.54, 1.807) is 24.4 Å². The number of amides is 1. The Bertz CT molecular complexity index is 1170. The second kappa shape index (κ2) is 8.75. The van der Waals surface area contributed by atoms with Crippen LogP contribution in [0.3, 0.4) is 0 Å². The summed E-state index contributed by atoms with van der Waals surface area (Å²) in [4.78, 5) is 15.4. The number of nitrogens with one attached hydrogen (secondary N) is 2. The summed E-state index contributed by atoms with van der Waals surface area (Å²) < 4.78 is 6.75. The fourth-order valence-corrected chi connectivity index (χ4v) is 3.31. The summed E-state index contributed by atoms with van der Waals surface area (Å²) in [7, 11) is 0. The van der Waals surface area contributed by atoms with Gasteiger partial charge in [-0.3, -0.25) is 4.79 Å². The Morgan fingerprint density at radius 1 is 1.07 bits per heavy atom. The van der Waals surface area contributed by atoms with E-state index in [0.717, 1.165) is 32.3 Å². The summed E-state index contributed by atoms with van der Waals surface area (Å²) >= 11 is 3.36. The van der Waals surface area contributed by atoms with Crippen LogP contribution >= 0.6 is 15.9 Å². The fourth-order valence-electron chi connectivity index (χ4n) is 2.91. The van der Waals surface area contributed by atoms with Crippen LogP contribution in [0.5, 0.6) is 5.75 Å². The Morgan fingerprint density at radius 3 is 2.76 bits per heavy atom. The lowest BCUT2D eigenvalue weighted by Crippen LogP contribution is -2.17. The quantitative estimate of drug-likeness (QED) is 0.312. The zero-order valence-corrected chi connectivity index (χ0v) is 17.0. The molecule has 6 heteroatoms. The smallest absolute Gasteiger partial charge is 0.271 e. The van der Waals surface area contributed by atoms with Crippen molar-refractivity contribution in [3.05, 3.63) is 100 Å². The molecule has 2 N–H and O–H groups in total. The Morgan fingerprint density at radius 2 is 1.93 bits per heavy atom. The van der Waals surface area contributed by atoms with E-state index in [2.05, 4.69) is 31.4 Å². The van der Waals surface area contributed by atoms with E-state index >= 15 is 0 Å². The molecule has 3 aromatic carbocycles. The van der Waals surface area contributed by atoms with Crippen molar-refractivity contribution in [3.8, 4) is 5.75 Å². The van der Waals surface area contributed by atoms with Gasteiger partial charge in [0.2, 0.25) is 0 Å². The molecule has 0 aliphatic carbocycles. The van der Waals surface area contributed by atoms with Gasteiger partial charge in [0.25, 0.3) is 5.91 Å². The third-order valence-electron chi connectivity index (χ3n) is 4.39. The second-order valence-electron chi connectivity index (χ2n) is 6.44. The van der Waals surface area contributed by atoms with Gasteiger partial charge in [-0.15, -0.1) is 0 Å². The lowest BCUT2D eigenvalue weighted by atomic mass is 10.2. The van der Waals surface area contributed by atoms with Crippen LogP contribution in [0.1, 0.15) is 21.5 Å². The molecule has 1 aromatic heterocycles. The molecule has 0 spiro atoms. The molecule has 1 amide bonds. The standard InChI is InChI=1S/C23H18BrN3O2/c24-19-8-4-7-17(11-19)23(28)27-26-14-18-13-25-22-10-9-20(12-21(18)22)29-15-16-5-2-1-3-6-16/h1-14,25H,15H2,(H,27,28)/b26-14-. The SMILES string of the molecule is O=C(N/N=C\c1c[nH]c2ccc(OCc3ccccc3)cc12)c1cccc(Br)c1. The third kappa shape index (κ3) is 4.73. The first-order valence-corrected chi connectivity index (χ1v) is 9.85. The third-order valence-corrected chi connectivity index (χ3v) is 4.88. The summed E-state index contributed by atoms with van der Waals surface area (Å²) in [5, 5.41) is 5.06. The van der Waals surface area contributed by atoms with E-state index in [1.807, 2.05) is 60.8 Å². The average molecular weight is 448 g/mol. The molecule has 0 saturated heterocycles. The van der Waals surface area contributed by atoms with Gasteiger partial charge < -0.3 is 9.72 Å². The van der Waals surface area contributed by atoms with Crippen molar-refractivity contribution in [2.24, 2.45) is 5.10 Å². The zero-order valence-electron chi connectivity index (χ0n) is 15.4. The number of aromatic nitrogens is 1. The maximum Gasteiger partial charge on any atom is 0.271 e. The van der Waals surface area contributed by atoms with E-state index in [1.165, 1.54) is 0 Å². The first-order valence-electron chi connectivity index (χ1n) is 9.06. The summed E-state index contributed by atoms with van der Waals surface area (Å²) in [5.41, 5.74) is 6.03. The minimum atomic E-state index is -0.269. The van der Waals surface area contributed by atoms with Gasteiger partial charge in [0, 0.05) is 32.7 Å². The van der Waals surface area contributed by atoms with Crippen molar-refractivity contribution < 1.29 is 9.53 Å². The molecule has 0 saturated carbocycles. The number of hydrazone groups is 1. The first kappa shape index (κ1) is 19.0. The van der Waals surface area contributed by atoms with Crippen molar-refractivity contribution in [3.63, 3.8) is 0 Å². The van der Waals surface area contributed by atoms with Crippen LogP contribution in [0.4, 0.5) is 0 Å². The minimum absolute atomic E-state index is 0.269. The topological polar surface area (TPSA) is 66.5 Å². The molecule has 0 aliphatic rings. The van der Waals surface area contributed by atoms with Crippen molar-refractivity contribution in [1.29, 1.82) is 0 Å². The van der Waals surface area contributed by atoms with Crippen molar-refractivity contribution in [2.75, 3.05) is 0 Å². The van der Waals surface area contributed by atoms with Gasteiger partial charge in [-0.05, 0) is 42.0 Å². The molecule has 5 nitrogen and oxygen atoms in total. The molecule has 0 bridgehead atoms. The predicted octanol–water partition coefficient (Wildman–Crippen LogP) is 5.27. The van der Waals surface area contributed by atoms with E-state index in [0.29, 0.717) is 12.2 Å². The number of carbonyl (C=O) groups is 1. The molecule has 0 radical (unpaired) electrons. The number of hydrogen-bond acceptors (Lipinski definition) is 3. The predicted molar refractivity (Wildman–Crippen MR) is 118 cm³/mol. The molecule has 1 heterocycles. The van der Waals surface area contributed by atoms with Crippen molar-refractivity contribution >= 4 is 39.0 Å². The Labute approximate surface area is 176 Å². The number of hydrogen-bond donors (Lipinski definition) is 2. The van der Waals surface area contributed by atoms with Crippen LogP contribution in [0, 0.1) is 0 Å². The molecule has 0 atom stereocenters. The Kier molecular flexibility index (Phi) is 5.72. The molecular formula is C23H18BrN3O2. The summed E-state index contributed by atoms with van der Waals surface area (Å²) in [6, 6.07) is 23.0. The van der Waals surface area contributed by atoms with E-state index in [-0.39, 0.29) is 5.91 Å². The number of aromatic amines is 1. The van der Waals surface area contributed by atoms with Gasteiger partial charge in [-0.25, -0.2) is 5.43 Å². The van der Waals surface area contributed by atoms with Gasteiger partial charge in [0.15, 0.2) is 0 Å². The van der Waals surface area contributed by atoms with Crippen LogP contribution < -0.4 is 10.2 Å². The highest BCUT2D eigenvalue weighted by atomic mass is 79.9. The maximum absolute atomic E-state index is 12.2. The lowest BCUT2D eigenvalue weighted by Gasteiger charge is -2.06. The molecule has 29 heavy (non-hydrogen) atoms. The number of H-pyrrole nitrogens is 1. The van der Waals surface area contributed by atoms with Gasteiger partial charge in [0.1, 0.15) is 12.4 Å². The van der Waals surface area contributed by atoms with Gasteiger partial charge in [-0.2, -0.15) is 5.10 Å². The van der Waals surface area contributed by atoms with E-state index in [9.17, 15) is 4.79 Å². The zero-order chi connectivity index (χ0) is 20.1. The number of ether oxygens (including phenoxy) is 1. The summed E-state index contributed by atoms with van der Waals surface area (Å²) in [6.07, 6.45) is 3.47. The molecule has 4 aromatic rings. The molecule has 0 fully saturated rings. The van der Waals surface area contributed by atoms with Crippen molar-refractivity contribution in [1.82, 2.24) is 10.4 Å². The molecule has 0 unspecified atom stereocenters. The highest BCUT2D eigenvalue weighted by Gasteiger charge is 2.06. The number of fused-ring (bicyclic) bond motifs is 1. The van der Waals surface area contributed by atoms with E-state index in [4.69, 9.17) is 4.74 Å². The number of benzene rings is 3. The second-order valence-corrected chi connectivity index (χ2v) is 7.35. The number of carbonyl (C=O) groups excluding carboxylic acids is 1. The molecule has 4 rings (SSSR count). The number of rotatable bonds is 6. The van der Waals surface area contributed by atoms with Crippen molar-refractivity contribution in [2.45, 2.75) is 6.61 Å². The van der Waals surface area contributed by atoms with Gasteiger partial charge in [-0.1, -0.05) is 52.3 Å². The summed E-state index contributed by atoms with van der Waals surface area (Å²) in [5.74, 6) is 0.503. The highest BCUT2D eigenvalue weighted by Crippen LogP contribution is 2.23. The number of halogens is 1. The monoisotopic (exact) mass is 447 g/mol. The first-order chi connectivity index (χ1) is 14.2. The van der Waals surface area contributed by atoms with Gasteiger partial charge in [0.05, 0.1) is 6.21 Å².